The highest BCUT2D eigenvalue weighted by Crippen LogP contribution is 2.44. The molecule has 0 aliphatic heterocycles. The van der Waals surface area contributed by atoms with Crippen molar-refractivity contribution in [3.63, 3.8) is 0 Å². The van der Waals surface area contributed by atoms with Gasteiger partial charge in [-0.15, -0.1) is 22.7 Å². The Hall–Kier alpha value is -7.16. The van der Waals surface area contributed by atoms with Crippen molar-refractivity contribution in [2.75, 3.05) is 0 Å². The summed E-state index contributed by atoms with van der Waals surface area (Å²) < 4.78 is 7.05. The molecule has 0 aliphatic rings. The summed E-state index contributed by atoms with van der Waals surface area (Å²) in [5.41, 5.74) is 7.10. The minimum atomic E-state index is 0.359. The van der Waals surface area contributed by atoms with Crippen molar-refractivity contribution < 1.29 is 0 Å². The molecule has 0 aliphatic carbocycles. The van der Waals surface area contributed by atoms with E-state index in [9.17, 15) is 10.5 Å². The van der Waals surface area contributed by atoms with E-state index in [1.807, 2.05) is 54.6 Å². The average Bonchev–Trinajstić information content (AvgIpc) is 3.92. The van der Waals surface area contributed by atoms with Gasteiger partial charge >= 0.3 is 0 Å². The highest BCUT2D eigenvalue weighted by atomic mass is 32.1. The minimum absolute atomic E-state index is 0.359. The van der Waals surface area contributed by atoms with Crippen LogP contribution >= 0.6 is 22.7 Å². The molecule has 7 heteroatoms. The lowest BCUT2D eigenvalue weighted by Gasteiger charge is -2.15. The molecule has 0 fully saturated rings. The van der Waals surface area contributed by atoms with E-state index in [0.29, 0.717) is 33.9 Å². The first-order chi connectivity index (χ1) is 27.2. The molecule has 0 unspecified atom stereocenters. The summed E-state index contributed by atoms with van der Waals surface area (Å²) in [7, 11) is 0. The molecular formula is C48H25N5S2. The van der Waals surface area contributed by atoms with Gasteiger partial charge in [0.1, 0.15) is 17.7 Å². The van der Waals surface area contributed by atoms with Crippen molar-refractivity contribution in [1.29, 1.82) is 10.5 Å². The highest BCUT2D eigenvalue weighted by Gasteiger charge is 2.23. The van der Waals surface area contributed by atoms with Crippen molar-refractivity contribution in [2.45, 2.75) is 0 Å². The lowest BCUT2D eigenvalue weighted by molar-refractivity contribution is 1.16. The maximum Gasteiger partial charge on any atom is 0.160 e. The van der Waals surface area contributed by atoms with Gasteiger partial charge in [-0.05, 0) is 48.5 Å². The number of hydrogen-bond donors (Lipinski definition) is 0. The van der Waals surface area contributed by atoms with E-state index < -0.39 is 0 Å². The molecule has 0 bridgehead atoms. The van der Waals surface area contributed by atoms with Crippen LogP contribution in [0.5, 0.6) is 0 Å². The molecule has 11 aromatic rings. The van der Waals surface area contributed by atoms with Gasteiger partial charge in [0, 0.05) is 63.1 Å². The van der Waals surface area contributed by atoms with Crippen LogP contribution in [-0.2, 0) is 0 Å². The van der Waals surface area contributed by atoms with E-state index in [1.165, 1.54) is 35.0 Å². The van der Waals surface area contributed by atoms with Gasteiger partial charge in [-0.3, -0.25) is 0 Å². The lowest BCUT2D eigenvalue weighted by Crippen LogP contribution is -2.02. The fourth-order valence-electron chi connectivity index (χ4n) is 8.02. The quantitative estimate of drug-likeness (QED) is 0.180. The molecule has 0 spiro atoms. The first kappa shape index (κ1) is 31.4. The number of hydrogen-bond acceptors (Lipinski definition) is 6. The van der Waals surface area contributed by atoms with Gasteiger partial charge in [0.25, 0.3) is 0 Å². The summed E-state index contributed by atoms with van der Waals surface area (Å²) >= 11 is 3.54. The predicted molar refractivity (Wildman–Crippen MR) is 228 cm³/mol. The summed E-state index contributed by atoms with van der Waals surface area (Å²) in [6.45, 7) is 0. The van der Waals surface area contributed by atoms with E-state index in [2.05, 4.69) is 114 Å². The highest BCUT2D eigenvalue weighted by molar-refractivity contribution is 7.26. The van der Waals surface area contributed by atoms with Crippen LogP contribution in [0, 0.1) is 22.7 Å². The fraction of sp³-hybridized carbons (Fsp3) is 0. The zero-order chi connectivity index (χ0) is 36.6. The average molecular weight is 736 g/mol. The molecular weight excluding hydrogens is 711 g/mol. The van der Waals surface area contributed by atoms with E-state index >= 15 is 0 Å². The Morgan fingerprint density at radius 1 is 0.473 bits per heavy atom. The summed E-state index contributed by atoms with van der Waals surface area (Å²) in [6, 6.07) is 56.7. The summed E-state index contributed by atoms with van der Waals surface area (Å²) in [4.78, 5) is 10.2. The molecule has 0 N–H and O–H groups in total. The third-order valence-electron chi connectivity index (χ3n) is 10.5. The van der Waals surface area contributed by atoms with Crippen LogP contribution in [0.2, 0.25) is 0 Å². The number of rotatable bonds is 4. The third-order valence-corrected chi connectivity index (χ3v) is 12.9. The van der Waals surface area contributed by atoms with E-state index in [1.54, 1.807) is 22.7 Å². The minimum Gasteiger partial charge on any atom is -0.306 e. The van der Waals surface area contributed by atoms with Crippen molar-refractivity contribution in [3.8, 4) is 51.7 Å². The molecule has 11 rings (SSSR count). The summed E-state index contributed by atoms with van der Waals surface area (Å²) in [5, 5.41) is 28.6. The normalized spacial score (nSPS) is 11.6. The van der Waals surface area contributed by atoms with Crippen molar-refractivity contribution >= 4 is 84.8 Å². The molecule has 7 aromatic carbocycles. The molecule has 254 valence electrons. The lowest BCUT2D eigenvalue weighted by atomic mass is 9.98. The molecule has 4 aromatic heterocycles. The number of para-hydroxylation sites is 1. The molecule has 5 nitrogen and oxygen atoms in total. The molecule has 55 heavy (non-hydrogen) atoms. The second kappa shape index (κ2) is 12.2. The molecule has 0 amide bonds. The number of benzene rings is 7. The molecule has 4 heterocycles. The van der Waals surface area contributed by atoms with Crippen LogP contribution in [0.25, 0.3) is 102 Å². The first-order valence-electron chi connectivity index (χ1n) is 17.9. The second-order valence-corrected chi connectivity index (χ2v) is 15.7. The van der Waals surface area contributed by atoms with Crippen molar-refractivity contribution in [2.24, 2.45) is 0 Å². The first-order valence-corrected chi connectivity index (χ1v) is 19.5. The number of nitrogens with zero attached hydrogens (tertiary/aromatic N) is 5. The SMILES string of the molecule is N#Cc1cc(-c2nc(-c3ccc4sc5ccccc5c4c3)nc(-c3ccccc3)c2C#N)ccc1-n1c2ccccc2c2ccc3c4ccccc4sc3c21. The van der Waals surface area contributed by atoms with Gasteiger partial charge in [0.05, 0.1) is 38.4 Å². The van der Waals surface area contributed by atoms with E-state index in [4.69, 9.17) is 9.97 Å². The van der Waals surface area contributed by atoms with Gasteiger partial charge < -0.3 is 4.57 Å². The van der Waals surface area contributed by atoms with Crippen LogP contribution in [0.4, 0.5) is 0 Å². The number of thiophene rings is 2. The van der Waals surface area contributed by atoms with E-state index in [0.717, 1.165) is 44.0 Å². The van der Waals surface area contributed by atoms with Gasteiger partial charge in [-0.25, -0.2) is 9.97 Å². The molecule has 0 saturated carbocycles. The fourth-order valence-corrected chi connectivity index (χ4v) is 10.4. The van der Waals surface area contributed by atoms with Gasteiger partial charge in [-0.1, -0.05) is 103 Å². The van der Waals surface area contributed by atoms with Crippen molar-refractivity contribution in [1.82, 2.24) is 14.5 Å². The maximum absolute atomic E-state index is 10.9. The van der Waals surface area contributed by atoms with Gasteiger partial charge in [0.2, 0.25) is 0 Å². The molecule has 0 atom stereocenters. The van der Waals surface area contributed by atoms with Crippen molar-refractivity contribution in [3.05, 3.63) is 163 Å². The maximum atomic E-state index is 10.9. The number of nitriles is 2. The Balaban J connectivity index is 1.16. The van der Waals surface area contributed by atoms with Gasteiger partial charge in [0.15, 0.2) is 5.82 Å². The molecule has 0 saturated heterocycles. The van der Waals surface area contributed by atoms with Crippen LogP contribution in [-0.4, -0.2) is 14.5 Å². The predicted octanol–water partition coefficient (Wildman–Crippen LogP) is 13.1. The zero-order valence-corrected chi connectivity index (χ0v) is 30.6. The largest absolute Gasteiger partial charge is 0.306 e. The molecule has 0 radical (unpaired) electrons. The Kier molecular flexibility index (Phi) is 6.96. The smallest absolute Gasteiger partial charge is 0.160 e. The van der Waals surface area contributed by atoms with Gasteiger partial charge in [-0.2, -0.15) is 10.5 Å². The zero-order valence-electron chi connectivity index (χ0n) is 29.0. The summed E-state index contributed by atoms with van der Waals surface area (Å²) in [5.74, 6) is 0.516. The van der Waals surface area contributed by atoms with Crippen LogP contribution in [0.15, 0.2) is 152 Å². The monoisotopic (exact) mass is 735 g/mol. The Morgan fingerprint density at radius 2 is 1.11 bits per heavy atom. The topological polar surface area (TPSA) is 78.3 Å². The Bertz CT molecular complexity index is 3470. The number of aromatic nitrogens is 3. The summed E-state index contributed by atoms with van der Waals surface area (Å²) in [6.07, 6.45) is 0. The van der Waals surface area contributed by atoms with E-state index in [-0.39, 0.29) is 0 Å². The third kappa shape index (κ3) is 4.75. The Labute approximate surface area is 322 Å². The number of fused-ring (bicyclic) bond motifs is 10. The van der Waals surface area contributed by atoms with Crippen LogP contribution < -0.4 is 0 Å². The second-order valence-electron chi connectivity index (χ2n) is 13.5. The Morgan fingerprint density at radius 3 is 1.89 bits per heavy atom. The standard InChI is InChI=1S/C48H25N5S2/c49-26-31-24-29(18-22-39(31)53-40-15-7-4-12-32(40)35-20-21-36-33-13-5-9-17-42(33)55-47(36)46(35)53)45-38(27-50)44(28-10-2-1-3-11-28)51-48(52-45)30-19-23-43-37(25-30)34-14-6-8-16-41(34)54-43/h1-25H. The van der Waals surface area contributed by atoms with Crippen LogP contribution in [0.3, 0.4) is 0 Å². The van der Waals surface area contributed by atoms with Crippen LogP contribution in [0.1, 0.15) is 11.1 Å².